The largest absolute Gasteiger partial charge is 0.566 e. The van der Waals surface area contributed by atoms with E-state index in [4.69, 9.17) is 4.74 Å². The average molecular weight is 296 g/mol. The minimum Gasteiger partial charge on any atom is -0.566 e. The van der Waals surface area contributed by atoms with E-state index in [1.165, 1.54) is 44.9 Å². The van der Waals surface area contributed by atoms with Crippen LogP contribution in [0.2, 0.25) is 0 Å². The van der Waals surface area contributed by atoms with Gasteiger partial charge in [0.2, 0.25) is 0 Å². The minimum absolute atomic E-state index is 0.902. The summed E-state index contributed by atoms with van der Waals surface area (Å²) in [5.74, 6) is 0. The van der Waals surface area contributed by atoms with Crippen molar-refractivity contribution < 1.29 is 24.5 Å². The lowest BCUT2D eigenvalue weighted by Crippen LogP contribution is -2.50. The van der Waals surface area contributed by atoms with E-state index in [0.717, 1.165) is 33.3 Å². The molecule has 0 fully saturated rings. The molecule has 0 aliphatic carbocycles. The smallest absolute Gasteiger partial charge is 0.488 e. The van der Waals surface area contributed by atoms with Crippen molar-refractivity contribution in [3.63, 3.8) is 0 Å². The van der Waals surface area contributed by atoms with Crippen molar-refractivity contribution in [1.82, 2.24) is 0 Å². The molecule has 1 unspecified atom stereocenters. The SMILES string of the molecule is CCCCCCCCCOCCC[NH3+].CO[P+](=O)[O-]. The first-order valence-electron chi connectivity index (χ1n) is 7.24. The van der Waals surface area contributed by atoms with Crippen molar-refractivity contribution in [3.05, 3.63) is 0 Å². The van der Waals surface area contributed by atoms with Crippen molar-refractivity contribution in [2.45, 2.75) is 58.3 Å². The van der Waals surface area contributed by atoms with Crippen molar-refractivity contribution in [2.24, 2.45) is 0 Å². The van der Waals surface area contributed by atoms with Gasteiger partial charge in [0.05, 0.1) is 20.3 Å². The normalized spacial score (nSPS) is 10.8. The first-order chi connectivity index (χ1) is 9.18. The lowest BCUT2D eigenvalue weighted by Gasteiger charge is -2.02. The monoisotopic (exact) mass is 296 g/mol. The van der Waals surface area contributed by atoms with Crippen LogP contribution in [-0.2, 0) is 13.8 Å². The molecule has 0 radical (unpaired) electrons. The Morgan fingerprint density at radius 2 is 1.47 bits per heavy atom. The zero-order chi connectivity index (χ0) is 14.8. The Hall–Kier alpha value is -0.0600. The zero-order valence-electron chi connectivity index (χ0n) is 12.6. The fourth-order valence-electron chi connectivity index (χ4n) is 1.47. The third-order valence-electron chi connectivity index (χ3n) is 2.58. The van der Waals surface area contributed by atoms with E-state index in [1.54, 1.807) is 0 Å². The fourth-order valence-corrected chi connectivity index (χ4v) is 1.47. The summed E-state index contributed by atoms with van der Waals surface area (Å²) in [6, 6.07) is 0. The van der Waals surface area contributed by atoms with Gasteiger partial charge in [0.25, 0.3) is 0 Å². The maximum absolute atomic E-state index is 9.18. The van der Waals surface area contributed by atoms with Crippen molar-refractivity contribution in [2.75, 3.05) is 26.9 Å². The Kier molecular flexibility index (Phi) is 22.7. The molecule has 0 aromatic heterocycles. The molecule has 116 valence electrons. The number of rotatable bonds is 12. The third-order valence-corrected chi connectivity index (χ3v) is 2.88. The molecule has 0 saturated heterocycles. The molecule has 0 bridgehead atoms. The highest BCUT2D eigenvalue weighted by Gasteiger charge is 1.91. The summed E-state index contributed by atoms with van der Waals surface area (Å²) < 4.78 is 18.3. The van der Waals surface area contributed by atoms with Crippen LogP contribution in [0.25, 0.3) is 0 Å². The molecular formula is C13H31NO4P+. The van der Waals surface area contributed by atoms with Gasteiger partial charge in [-0.05, 0) is 11.0 Å². The van der Waals surface area contributed by atoms with Gasteiger partial charge in [0.1, 0.15) is 0 Å². The lowest BCUT2D eigenvalue weighted by molar-refractivity contribution is -0.369. The zero-order valence-corrected chi connectivity index (χ0v) is 13.5. The molecule has 0 aromatic rings. The average Bonchev–Trinajstić information content (AvgIpc) is 2.41. The Balaban J connectivity index is 0. The number of unbranched alkanes of at least 4 members (excludes halogenated alkanes) is 6. The van der Waals surface area contributed by atoms with E-state index in [0.29, 0.717) is 0 Å². The van der Waals surface area contributed by atoms with Crippen LogP contribution in [0, 0.1) is 0 Å². The first kappa shape index (κ1) is 21.2. The summed E-state index contributed by atoms with van der Waals surface area (Å²) in [6.07, 6.45) is 10.6. The Morgan fingerprint density at radius 3 is 1.95 bits per heavy atom. The Morgan fingerprint density at radius 1 is 1.00 bits per heavy atom. The summed E-state index contributed by atoms with van der Waals surface area (Å²) in [5, 5.41) is 0. The lowest BCUT2D eigenvalue weighted by atomic mass is 10.1. The van der Waals surface area contributed by atoms with Gasteiger partial charge < -0.3 is 15.4 Å². The quantitative estimate of drug-likeness (QED) is 0.441. The maximum Gasteiger partial charge on any atom is 0.488 e. The van der Waals surface area contributed by atoms with Crippen LogP contribution in [0.5, 0.6) is 0 Å². The number of hydrogen-bond acceptors (Lipinski definition) is 4. The second-order valence-corrected chi connectivity index (χ2v) is 5.16. The van der Waals surface area contributed by atoms with Crippen LogP contribution in [-0.4, -0.2) is 26.9 Å². The Bertz CT molecular complexity index is 170. The summed E-state index contributed by atoms with van der Waals surface area (Å²) in [5.41, 5.74) is 3.78. The van der Waals surface area contributed by atoms with E-state index in [9.17, 15) is 9.46 Å². The molecule has 0 saturated carbocycles. The molecule has 1 atom stereocenters. The van der Waals surface area contributed by atoms with Crippen LogP contribution < -0.4 is 10.6 Å². The molecule has 0 heterocycles. The minimum atomic E-state index is -2.60. The molecule has 0 aliphatic rings. The molecule has 0 aliphatic heterocycles. The molecule has 0 amide bonds. The second-order valence-electron chi connectivity index (χ2n) is 4.35. The molecule has 0 rings (SSSR count). The Labute approximate surface area is 118 Å². The van der Waals surface area contributed by atoms with Gasteiger partial charge >= 0.3 is 8.25 Å². The van der Waals surface area contributed by atoms with Crippen molar-refractivity contribution in [3.8, 4) is 0 Å². The summed E-state index contributed by atoms with van der Waals surface area (Å²) in [4.78, 5) is 9.18. The van der Waals surface area contributed by atoms with Gasteiger partial charge in [-0.2, -0.15) is 4.52 Å². The van der Waals surface area contributed by atoms with Gasteiger partial charge in [-0.25, -0.2) is 0 Å². The van der Waals surface area contributed by atoms with Crippen LogP contribution in [0.3, 0.4) is 0 Å². The van der Waals surface area contributed by atoms with E-state index in [2.05, 4.69) is 17.2 Å². The third kappa shape index (κ3) is 27.2. The van der Waals surface area contributed by atoms with Gasteiger partial charge in [0, 0.05) is 13.0 Å². The van der Waals surface area contributed by atoms with E-state index in [1.807, 2.05) is 0 Å². The number of hydrogen-bond donors (Lipinski definition) is 1. The maximum atomic E-state index is 9.18. The highest BCUT2D eigenvalue weighted by atomic mass is 31.1. The highest BCUT2D eigenvalue weighted by Crippen LogP contribution is 2.06. The van der Waals surface area contributed by atoms with Gasteiger partial charge in [-0.3, -0.25) is 0 Å². The van der Waals surface area contributed by atoms with Crippen molar-refractivity contribution in [1.29, 1.82) is 0 Å². The van der Waals surface area contributed by atoms with Crippen LogP contribution in [0.1, 0.15) is 58.3 Å². The predicted octanol–water partition coefficient (Wildman–Crippen LogP) is 2.04. The van der Waals surface area contributed by atoms with Crippen molar-refractivity contribution >= 4 is 8.25 Å². The summed E-state index contributed by atoms with van der Waals surface area (Å²) in [7, 11) is -1.50. The van der Waals surface area contributed by atoms with E-state index in [-0.39, 0.29) is 0 Å². The topological polar surface area (TPSA) is 86.2 Å². The standard InChI is InChI=1S/C12H27NO.CH3O3P/c1-2-3-4-5-6-7-8-11-14-12-9-10-13;1-4-5(2)3/h2-13H2,1H3;1H3/p+1. The van der Waals surface area contributed by atoms with E-state index < -0.39 is 8.25 Å². The molecule has 3 N–H and O–H groups in total. The molecular weight excluding hydrogens is 265 g/mol. The molecule has 19 heavy (non-hydrogen) atoms. The molecule has 0 aromatic carbocycles. The summed E-state index contributed by atoms with van der Waals surface area (Å²) in [6.45, 7) is 5.11. The summed E-state index contributed by atoms with van der Waals surface area (Å²) >= 11 is 0. The predicted molar refractivity (Wildman–Crippen MR) is 75.8 cm³/mol. The highest BCUT2D eigenvalue weighted by molar-refractivity contribution is 7.30. The van der Waals surface area contributed by atoms with Crippen LogP contribution in [0.4, 0.5) is 0 Å². The molecule has 6 heteroatoms. The van der Waals surface area contributed by atoms with Gasteiger partial charge in [0.15, 0.2) is 0 Å². The van der Waals surface area contributed by atoms with Gasteiger partial charge in [-0.1, -0.05) is 45.4 Å². The fraction of sp³-hybridized carbons (Fsp3) is 1.00. The van der Waals surface area contributed by atoms with E-state index >= 15 is 0 Å². The molecule has 5 nitrogen and oxygen atoms in total. The number of quaternary nitrogens is 1. The first-order valence-corrected chi connectivity index (χ1v) is 8.34. The van der Waals surface area contributed by atoms with Crippen LogP contribution >= 0.6 is 8.25 Å². The number of ether oxygens (including phenoxy) is 1. The van der Waals surface area contributed by atoms with Gasteiger partial charge in [-0.15, -0.1) is 0 Å². The second kappa shape index (κ2) is 20.3. The van der Waals surface area contributed by atoms with Crippen LogP contribution in [0.15, 0.2) is 0 Å². The molecule has 0 spiro atoms.